The Hall–Kier alpha value is -1.63. The lowest BCUT2D eigenvalue weighted by Crippen LogP contribution is -2.03. The largest absolute Gasteiger partial charge is 0.299 e. The quantitative estimate of drug-likeness (QED) is 0.721. The van der Waals surface area contributed by atoms with E-state index in [9.17, 15) is 4.79 Å². The van der Waals surface area contributed by atoms with Gasteiger partial charge in [-0.1, -0.05) is 49.4 Å². The molecule has 0 heterocycles. The third-order valence-corrected chi connectivity index (χ3v) is 2.88. The van der Waals surface area contributed by atoms with Crippen LogP contribution in [-0.4, -0.2) is 5.78 Å². The minimum absolute atomic E-state index is 0.00499. The Morgan fingerprint density at radius 2 is 1.73 bits per heavy atom. The van der Waals surface area contributed by atoms with E-state index in [1.54, 1.807) is 6.92 Å². The number of carbonyl (C=O) groups excluding carboxylic acids is 1. The molecular formula is C14H14O. The van der Waals surface area contributed by atoms with E-state index in [4.69, 9.17) is 0 Å². The smallest absolute Gasteiger partial charge is 0.136 e. The molecule has 0 saturated heterocycles. The van der Waals surface area contributed by atoms with Crippen molar-refractivity contribution < 1.29 is 4.79 Å². The summed E-state index contributed by atoms with van der Waals surface area (Å²) in [6.07, 6.45) is 0. The SMILES string of the molecule is CC(=O)C(C)c1ccc2ccccc2c1. The number of fused-ring (bicyclic) bond motifs is 1. The highest BCUT2D eigenvalue weighted by Crippen LogP contribution is 2.21. The average molecular weight is 198 g/mol. The molecule has 0 bridgehead atoms. The molecule has 1 nitrogen and oxygen atoms in total. The third kappa shape index (κ3) is 1.91. The maximum absolute atomic E-state index is 11.3. The standard InChI is InChI=1S/C14H14O/c1-10(11(2)15)13-8-7-12-5-3-4-6-14(12)9-13/h3-10H,1-2H3. The Bertz CT molecular complexity index is 499. The molecule has 1 atom stereocenters. The van der Waals surface area contributed by atoms with Crippen LogP contribution in [0, 0.1) is 0 Å². The molecule has 0 saturated carbocycles. The Balaban J connectivity index is 2.51. The molecule has 0 amide bonds. The number of carbonyl (C=O) groups is 1. The van der Waals surface area contributed by atoms with Crippen molar-refractivity contribution in [2.24, 2.45) is 0 Å². The summed E-state index contributed by atoms with van der Waals surface area (Å²) >= 11 is 0. The van der Waals surface area contributed by atoms with Gasteiger partial charge in [0.2, 0.25) is 0 Å². The fourth-order valence-corrected chi connectivity index (χ4v) is 1.71. The first-order valence-corrected chi connectivity index (χ1v) is 5.17. The summed E-state index contributed by atoms with van der Waals surface area (Å²) < 4.78 is 0. The molecule has 0 radical (unpaired) electrons. The number of ketones is 1. The first-order chi connectivity index (χ1) is 7.18. The van der Waals surface area contributed by atoms with Crippen LogP contribution in [0.3, 0.4) is 0 Å². The predicted molar refractivity (Wildman–Crippen MR) is 63.0 cm³/mol. The second-order valence-corrected chi connectivity index (χ2v) is 3.94. The van der Waals surface area contributed by atoms with E-state index in [0.29, 0.717) is 0 Å². The van der Waals surface area contributed by atoms with Crippen LogP contribution in [0.1, 0.15) is 25.3 Å². The van der Waals surface area contributed by atoms with Crippen LogP contribution >= 0.6 is 0 Å². The lowest BCUT2D eigenvalue weighted by atomic mass is 9.95. The molecule has 0 aliphatic heterocycles. The molecule has 76 valence electrons. The normalized spacial score (nSPS) is 12.7. The Morgan fingerprint density at radius 3 is 2.40 bits per heavy atom. The second kappa shape index (κ2) is 3.85. The molecule has 15 heavy (non-hydrogen) atoms. The fourth-order valence-electron chi connectivity index (χ4n) is 1.71. The van der Waals surface area contributed by atoms with Gasteiger partial charge in [-0.15, -0.1) is 0 Å². The molecule has 0 aliphatic carbocycles. The zero-order valence-corrected chi connectivity index (χ0v) is 9.03. The third-order valence-electron chi connectivity index (χ3n) is 2.88. The molecule has 0 aliphatic rings. The number of benzene rings is 2. The summed E-state index contributed by atoms with van der Waals surface area (Å²) in [5.41, 5.74) is 1.10. The van der Waals surface area contributed by atoms with Crippen LogP contribution in [-0.2, 0) is 4.79 Å². The van der Waals surface area contributed by atoms with Crippen molar-refractivity contribution in [1.29, 1.82) is 0 Å². The van der Waals surface area contributed by atoms with Crippen LogP contribution < -0.4 is 0 Å². The molecule has 0 N–H and O–H groups in total. The van der Waals surface area contributed by atoms with Crippen LogP contribution in [0.25, 0.3) is 10.8 Å². The van der Waals surface area contributed by atoms with Gasteiger partial charge in [-0.2, -0.15) is 0 Å². The van der Waals surface area contributed by atoms with Gasteiger partial charge < -0.3 is 0 Å². The maximum atomic E-state index is 11.3. The minimum Gasteiger partial charge on any atom is -0.299 e. The van der Waals surface area contributed by atoms with Crippen molar-refractivity contribution in [3.05, 3.63) is 48.0 Å². The molecule has 2 rings (SSSR count). The van der Waals surface area contributed by atoms with Gasteiger partial charge in [0.25, 0.3) is 0 Å². The van der Waals surface area contributed by atoms with Gasteiger partial charge in [0.1, 0.15) is 5.78 Å². The first-order valence-electron chi connectivity index (χ1n) is 5.17. The first kappa shape index (κ1) is 9.91. The number of hydrogen-bond donors (Lipinski definition) is 0. The summed E-state index contributed by atoms with van der Waals surface area (Å²) in [5, 5.41) is 2.42. The Morgan fingerprint density at radius 1 is 1.07 bits per heavy atom. The highest BCUT2D eigenvalue weighted by molar-refractivity contribution is 5.87. The van der Waals surface area contributed by atoms with Gasteiger partial charge >= 0.3 is 0 Å². The second-order valence-electron chi connectivity index (χ2n) is 3.94. The van der Waals surface area contributed by atoms with Crippen molar-refractivity contribution in [3.63, 3.8) is 0 Å². The lowest BCUT2D eigenvalue weighted by Gasteiger charge is -2.08. The molecule has 1 heteroatoms. The molecule has 0 aromatic heterocycles. The zero-order valence-electron chi connectivity index (χ0n) is 9.03. The van der Waals surface area contributed by atoms with Crippen molar-refractivity contribution >= 4 is 16.6 Å². The van der Waals surface area contributed by atoms with Crippen LogP contribution in [0.15, 0.2) is 42.5 Å². The molecule has 0 spiro atoms. The summed E-state index contributed by atoms with van der Waals surface area (Å²) in [6, 6.07) is 14.4. The van der Waals surface area contributed by atoms with Gasteiger partial charge in [-0.05, 0) is 23.3 Å². The van der Waals surface area contributed by atoms with Gasteiger partial charge in [0.05, 0.1) is 0 Å². The Kier molecular flexibility index (Phi) is 2.55. The molecular weight excluding hydrogens is 184 g/mol. The van der Waals surface area contributed by atoms with E-state index in [-0.39, 0.29) is 11.7 Å². The Labute approximate surface area is 89.7 Å². The lowest BCUT2D eigenvalue weighted by molar-refractivity contribution is -0.118. The summed E-state index contributed by atoms with van der Waals surface area (Å²) in [5.74, 6) is 0.208. The van der Waals surface area contributed by atoms with Crippen LogP contribution in [0.2, 0.25) is 0 Å². The summed E-state index contributed by atoms with van der Waals surface area (Å²) in [7, 11) is 0. The number of Topliss-reactive ketones (excluding diaryl/α,β-unsaturated/α-hetero) is 1. The topological polar surface area (TPSA) is 17.1 Å². The summed E-state index contributed by atoms with van der Waals surface area (Å²) in [6.45, 7) is 3.59. The zero-order chi connectivity index (χ0) is 10.8. The van der Waals surface area contributed by atoms with Gasteiger partial charge in [-0.25, -0.2) is 0 Å². The average Bonchev–Trinajstić information content (AvgIpc) is 2.27. The molecule has 1 unspecified atom stereocenters. The van der Waals surface area contributed by atoms with E-state index >= 15 is 0 Å². The van der Waals surface area contributed by atoms with E-state index in [1.807, 2.05) is 25.1 Å². The van der Waals surface area contributed by atoms with Crippen LogP contribution in [0.4, 0.5) is 0 Å². The van der Waals surface area contributed by atoms with Crippen molar-refractivity contribution in [1.82, 2.24) is 0 Å². The predicted octanol–water partition coefficient (Wildman–Crippen LogP) is 3.53. The molecule has 0 fully saturated rings. The minimum atomic E-state index is -0.00499. The maximum Gasteiger partial charge on any atom is 0.136 e. The number of hydrogen-bond acceptors (Lipinski definition) is 1. The van der Waals surface area contributed by atoms with Crippen LogP contribution in [0.5, 0.6) is 0 Å². The number of rotatable bonds is 2. The monoisotopic (exact) mass is 198 g/mol. The summed E-state index contributed by atoms with van der Waals surface area (Å²) in [4.78, 5) is 11.3. The van der Waals surface area contributed by atoms with E-state index in [2.05, 4.69) is 24.3 Å². The van der Waals surface area contributed by atoms with Crippen molar-refractivity contribution in [2.45, 2.75) is 19.8 Å². The molecule has 2 aromatic rings. The van der Waals surface area contributed by atoms with Crippen molar-refractivity contribution in [3.8, 4) is 0 Å². The highest BCUT2D eigenvalue weighted by Gasteiger charge is 2.10. The van der Waals surface area contributed by atoms with Gasteiger partial charge in [0.15, 0.2) is 0 Å². The van der Waals surface area contributed by atoms with E-state index in [1.165, 1.54) is 10.8 Å². The van der Waals surface area contributed by atoms with Gasteiger partial charge in [0, 0.05) is 5.92 Å². The van der Waals surface area contributed by atoms with Crippen molar-refractivity contribution in [2.75, 3.05) is 0 Å². The molecule has 2 aromatic carbocycles. The van der Waals surface area contributed by atoms with E-state index in [0.717, 1.165) is 5.56 Å². The highest BCUT2D eigenvalue weighted by atomic mass is 16.1. The van der Waals surface area contributed by atoms with E-state index < -0.39 is 0 Å². The fraction of sp³-hybridized carbons (Fsp3) is 0.214. The van der Waals surface area contributed by atoms with Gasteiger partial charge in [-0.3, -0.25) is 4.79 Å².